The largest absolute Gasteiger partial charge is 0.507 e. The molecule has 1 aliphatic rings. The zero-order valence-corrected chi connectivity index (χ0v) is 14.7. The van der Waals surface area contributed by atoms with Crippen LogP contribution in [0.1, 0.15) is 28.8 Å². The molecule has 3 rings (SSSR count). The summed E-state index contributed by atoms with van der Waals surface area (Å²) in [5.74, 6) is -0.165. The molecule has 0 saturated carbocycles. The number of benzene rings is 2. The van der Waals surface area contributed by atoms with Gasteiger partial charge >= 0.3 is 6.03 Å². The smallest absolute Gasteiger partial charge is 0.319 e. The van der Waals surface area contributed by atoms with Gasteiger partial charge in [-0.3, -0.25) is 4.79 Å². The van der Waals surface area contributed by atoms with E-state index in [9.17, 15) is 14.7 Å². The second-order valence-corrected chi connectivity index (χ2v) is 6.55. The minimum atomic E-state index is -0.239. The predicted molar refractivity (Wildman–Crippen MR) is 100 cm³/mol. The molecule has 136 valence electrons. The standard InChI is InChI=1S/C20H23N3O3/c1-14-7-8-18(24)17(13-14)19(25)23-11-9-16(10-12-23)22-20(26)21-15-5-3-2-4-6-15/h2-8,13,16,24H,9-12H2,1H3,(H2,21,22,26). The van der Waals surface area contributed by atoms with Crippen molar-refractivity contribution in [1.29, 1.82) is 0 Å². The van der Waals surface area contributed by atoms with E-state index in [1.165, 1.54) is 0 Å². The van der Waals surface area contributed by atoms with E-state index in [1.807, 2.05) is 37.3 Å². The first kappa shape index (κ1) is 17.8. The van der Waals surface area contributed by atoms with Crippen molar-refractivity contribution in [3.63, 3.8) is 0 Å². The Bertz CT molecular complexity index is 784. The number of carbonyl (C=O) groups is 2. The SMILES string of the molecule is Cc1ccc(O)c(C(=O)N2CCC(NC(=O)Nc3ccccc3)CC2)c1. The van der Waals surface area contributed by atoms with E-state index in [0.29, 0.717) is 31.5 Å². The second-order valence-electron chi connectivity index (χ2n) is 6.55. The van der Waals surface area contributed by atoms with Crippen LogP contribution in [0.25, 0.3) is 0 Å². The molecule has 3 amide bonds. The summed E-state index contributed by atoms with van der Waals surface area (Å²) in [6.45, 7) is 2.97. The number of likely N-dealkylation sites (tertiary alicyclic amines) is 1. The lowest BCUT2D eigenvalue weighted by Gasteiger charge is -2.32. The normalized spacial score (nSPS) is 14.7. The van der Waals surface area contributed by atoms with Gasteiger partial charge in [-0.25, -0.2) is 4.79 Å². The first-order valence-electron chi connectivity index (χ1n) is 8.74. The van der Waals surface area contributed by atoms with Gasteiger partial charge in [-0.05, 0) is 44.0 Å². The van der Waals surface area contributed by atoms with E-state index in [4.69, 9.17) is 0 Å². The molecule has 1 heterocycles. The number of phenolic OH excluding ortho intramolecular Hbond substituents is 1. The lowest BCUT2D eigenvalue weighted by atomic mass is 10.0. The quantitative estimate of drug-likeness (QED) is 0.793. The molecule has 1 aliphatic heterocycles. The molecule has 0 aliphatic carbocycles. The number of carbonyl (C=O) groups excluding carboxylic acids is 2. The molecular weight excluding hydrogens is 330 g/mol. The number of para-hydroxylation sites is 1. The van der Waals surface area contributed by atoms with E-state index < -0.39 is 0 Å². The molecule has 0 radical (unpaired) electrons. The van der Waals surface area contributed by atoms with Gasteiger partial charge in [-0.15, -0.1) is 0 Å². The summed E-state index contributed by atoms with van der Waals surface area (Å²) in [7, 11) is 0. The van der Waals surface area contributed by atoms with E-state index in [2.05, 4.69) is 10.6 Å². The Morgan fingerprint density at radius 1 is 1.08 bits per heavy atom. The number of piperidine rings is 1. The molecular formula is C20H23N3O3. The fraction of sp³-hybridized carbons (Fsp3) is 0.300. The van der Waals surface area contributed by atoms with Gasteiger partial charge in [0.05, 0.1) is 5.56 Å². The third-order valence-electron chi connectivity index (χ3n) is 4.53. The Balaban J connectivity index is 1.51. The molecule has 26 heavy (non-hydrogen) atoms. The summed E-state index contributed by atoms with van der Waals surface area (Å²) in [6.07, 6.45) is 1.36. The molecule has 0 aromatic heterocycles. The van der Waals surface area contributed by atoms with Gasteiger partial charge in [0.1, 0.15) is 5.75 Å². The Morgan fingerprint density at radius 3 is 2.46 bits per heavy atom. The van der Waals surface area contributed by atoms with Gasteiger partial charge in [0.2, 0.25) is 0 Å². The third-order valence-corrected chi connectivity index (χ3v) is 4.53. The van der Waals surface area contributed by atoms with Crippen LogP contribution < -0.4 is 10.6 Å². The van der Waals surface area contributed by atoms with Crippen LogP contribution in [0.2, 0.25) is 0 Å². The Hall–Kier alpha value is -3.02. The summed E-state index contributed by atoms with van der Waals surface area (Å²) < 4.78 is 0. The van der Waals surface area contributed by atoms with Crippen LogP contribution in [0.3, 0.4) is 0 Å². The molecule has 2 aromatic carbocycles. The molecule has 0 spiro atoms. The fourth-order valence-electron chi connectivity index (χ4n) is 3.09. The highest BCUT2D eigenvalue weighted by atomic mass is 16.3. The summed E-state index contributed by atoms with van der Waals surface area (Å²) >= 11 is 0. The van der Waals surface area contributed by atoms with Crippen LogP contribution in [0.15, 0.2) is 48.5 Å². The summed E-state index contributed by atoms with van der Waals surface area (Å²) in [5, 5.41) is 15.7. The monoisotopic (exact) mass is 353 g/mol. The highest BCUT2D eigenvalue weighted by Gasteiger charge is 2.26. The minimum Gasteiger partial charge on any atom is -0.507 e. The highest BCUT2D eigenvalue weighted by Crippen LogP contribution is 2.22. The Kier molecular flexibility index (Phi) is 5.41. The number of nitrogens with zero attached hydrogens (tertiary/aromatic N) is 1. The first-order valence-corrected chi connectivity index (χ1v) is 8.74. The average Bonchev–Trinajstić information content (AvgIpc) is 2.64. The van der Waals surface area contributed by atoms with Gasteiger partial charge < -0.3 is 20.6 Å². The zero-order valence-electron chi connectivity index (χ0n) is 14.7. The highest BCUT2D eigenvalue weighted by molar-refractivity contribution is 5.97. The Morgan fingerprint density at radius 2 is 1.77 bits per heavy atom. The van der Waals surface area contributed by atoms with Crippen LogP contribution in [0.4, 0.5) is 10.5 Å². The van der Waals surface area contributed by atoms with Crippen LogP contribution in [0.5, 0.6) is 5.75 Å². The molecule has 0 unspecified atom stereocenters. The van der Waals surface area contributed by atoms with E-state index in [1.54, 1.807) is 23.1 Å². The summed E-state index contributed by atoms with van der Waals surface area (Å²) in [5.41, 5.74) is 2.01. The molecule has 0 atom stereocenters. The van der Waals surface area contributed by atoms with Crippen LogP contribution in [0, 0.1) is 6.92 Å². The van der Waals surface area contributed by atoms with Crippen LogP contribution >= 0.6 is 0 Å². The van der Waals surface area contributed by atoms with Crippen molar-refractivity contribution in [3.05, 3.63) is 59.7 Å². The number of rotatable bonds is 3. The second kappa shape index (κ2) is 7.91. The van der Waals surface area contributed by atoms with Crippen molar-refractivity contribution >= 4 is 17.6 Å². The van der Waals surface area contributed by atoms with Crippen molar-refractivity contribution in [2.45, 2.75) is 25.8 Å². The molecule has 1 saturated heterocycles. The number of nitrogens with one attached hydrogen (secondary N) is 2. The van der Waals surface area contributed by atoms with Crippen molar-refractivity contribution in [2.75, 3.05) is 18.4 Å². The predicted octanol–water partition coefficient (Wildman–Crippen LogP) is 3.13. The van der Waals surface area contributed by atoms with Crippen molar-refractivity contribution in [3.8, 4) is 5.75 Å². The maximum atomic E-state index is 12.6. The number of phenols is 1. The number of hydrogen-bond acceptors (Lipinski definition) is 3. The molecule has 6 nitrogen and oxygen atoms in total. The summed E-state index contributed by atoms with van der Waals surface area (Å²) in [6, 6.07) is 14.1. The Labute approximate surface area is 152 Å². The third kappa shape index (κ3) is 4.33. The lowest BCUT2D eigenvalue weighted by Crippen LogP contribution is -2.47. The maximum absolute atomic E-state index is 12.6. The lowest BCUT2D eigenvalue weighted by molar-refractivity contribution is 0.0705. The van der Waals surface area contributed by atoms with Crippen LogP contribution in [-0.4, -0.2) is 41.1 Å². The minimum absolute atomic E-state index is 0.00286. The van der Waals surface area contributed by atoms with Crippen molar-refractivity contribution < 1.29 is 14.7 Å². The van der Waals surface area contributed by atoms with Crippen LogP contribution in [-0.2, 0) is 0 Å². The first-order chi connectivity index (χ1) is 12.5. The van der Waals surface area contributed by atoms with E-state index >= 15 is 0 Å². The summed E-state index contributed by atoms with van der Waals surface area (Å²) in [4.78, 5) is 26.4. The van der Waals surface area contributed by atoms with E-state index in [0.717, 1.165) is 11.3 Å². The van der Waals surface area contributed by atoms with Gasteiger partial charge in [0, 0.05) is 24.8 Å². The topological polar surface area (TPSA) is 81.7 Å². The van der Waals surface area contributed by atoms with Gasteiger partial charge in [-0.2, -0.15) is 0 Å². The van der Waals surface area contributed by atoms with Crippen molar-refractivity contribution in [2.24, 2.45) is 0 Å². The fourth-order valence-corrected chi connectivity index (χ4v) is 3.09. The molecule has 1 fully saturated rings. The van der Waals surface area contributed by atoms with Crippen molar-refractivity contribution in [1.82, 2.24) is 10.2 Å². The molecule has 2 aromatic rings. The maximum Gasteiger partial charge on any atom is 0.319 e. The molecule has 0 bridgehead atoms. The average molecular weight is 353 g/mol. The van der Waals surface area contributed by atoms with Gasteiger partial charge in [0.15, 0.2) is 0 Å². The number of amides is 3. The van der Waals surface area contributed by atoms with Gasteiger partial charge in [-0.1, -0.05) is 29.8 Å². The van der Waals surface area contributed by atoms with E-state index in [-0.39, 0.29) is 23.7 Å². The number of aryl methyl sites for hydroxylation is 1. The number of anilines is 1. The number of urea groups is 1. The molecule has 6 heteroatoms. The van der Waals surface area contributed by atoms with Gasteiger partial charge in [0.25, 0.3) is 5.91 Å². The number of aromatic hydroxyl groups is 1. The zero-order chi connectivity index (χ0) is 18.5. The number of hydrogen-bond donors (Lipinski definition) is 3. The molecule has 3 N–H and O–H groups in total.